The van der Waals surface area contributed by atoms with Gasteiger partial charge in [0, 0.05) is 12.1 Å². The fraction of sp³-hybridized carbons (Fsp3) is 0.136. The zero-order chi connectivity index (χ0) is 20.2. The number of rotatable bonds is 5. The van der Waals surface area contributed by atoms with Crippen LogP contribution in [-0.2, 0) is 16.9 Å². The first-order valence-corrected chi connectivity index (χ1v) is 8.59. The van der Waals surface area contributed by atoms with Gasteiger partial charge in [0.15, 0.2) is 0 Å². The topological polar surface area (TPSA) is 49.3 Å². The van der Waals surface area contributed by atoms with Crippen molar-refractivity contribution >= 4 is 5.91 Å². The summed E-state index contributed by atoms with van der Waals surface area (Å²) in [6.45, 7) is -0.125. The highest BCUT2D eigenvalue weighted by Crippen LogP contribution is 2.40. The van der Waals surface area contributed by atoms with Crippen LogP contribution in [0, 0.1) is 0 Å². The Morgan fingerprint density at radius 2 is 1.29 bits per heavy atom. The maximum Gasteiger partial charge on any atom is 0.430 e. The third-order valence-corrected chi connectivity index (χ3v) is 4.44. The minimum atomic E-state index is -5.18. The molecule has 0 fully saturated rings. The number of aliphatic hydroxyl groups is 1. The average Bonchev–Trinajstić information content (AvgIpc) is 2.72. The number of benzene rings is 3. The van der Waals surface area contributed by atoms with Crippen molar-refractivity contribution in [3.8, 4) is 11.1 Å². The standard InChI is InChI=1S/C22H18F3NO2/c23-22(24,25)21(28,20(27)26-15-16-7-3-1-4-8-16)19-13-11-18(12-14-19)17-9-5-2-6-10-17/h1-14,28H,15H2,(H,26,27). The number of alkyl halides is 3. The second-order valence-electron chi connectivity index (χ2n) is 6.32. The highest BCUT2D eigenvalue weighted by Gasteiger charge is 2.60. The minimum absolute atomic E-state index is 0.125. The summed E-state index contributed by atoms with van der Waals surface area (Å²) in [7, 11) is 0. The molecule has 2 N–H and O–H groups in total. The van der Waals surface area contributed by atoms with Crippen LogP contribution in [0.5, 0.6) is 0 Å². The van der Waals surface area contributed by atoms with E-state index in [2.05, 4.69) is 5.32 Å². The molecule has 3 nitrogen and oxygen atoms in total. The van der Waals surface area contributed by atoms with Crippen molar-refractivity contribution in [1.82, 2.24) is 5.32 Å². The Labute approximate surface area is 160 Å². The summed E-state index contributed by atoms with van der Waals surface area (Å²) in [5.41, 5.74) is -2.06. The lowest BCUT2D eigenvalue weighted by atomic mass is 9.90. The van der Waals surface area contributed by atoms with Gasteiger partial charge in [0.25, 0.3) is 11.5 Å². The van der Waals surface area contributed by atoms with Crippen LogP contribution in [0.3, 0.4) is 0 Å². The van der Waals surface area contributed by atoms with Gasteiger partial charge in [-0.2, -0.15) is 13.2 Å². The van der Waals surface area contributed by atoms with Crippen LogP contribution < -0.4 is 5.32 Å². The fourth-order valence-corrected chi connectivity index (χ4v) is 2.86. The van der Waals surface area contributed by atoms with Crippen molar-refractivity contribution in [2.24, 2.45) is 0 Å². The first-order valence-electron chi connectivity index (χ1n) is 8.59. The van der Waals surface area contributed by atoms with Crippen molar-refractivity contribution in [1.29, 1.82) is 0 Å². The molecule has 1 unspecified atom stereocenters. The molecule has 1 atom stereocenters. The smallest absolute Gasteiger partial charge is 0.369 e. The lowest BCUT2D eigenvalue weighted by molar-refractivity contribution is -0.257. The third kappa shape index (κ3) is 3.92. The fourth-order valence-electron chi connectivity index (χ4n) is 2.86. The number of hydrogen-bond acceptors (Lipinski definition) is 2. The Morgan fingerprint density at radius 3 is 1.82 bits per heavy atom. The molecule has 144 valence electrons. The maximum absolute atomic E-state index is 13.7. The van der Waals surface area contributed by atoms with Gasteiger partial charge < -0.3 is 10.4 Å². The predicted molar refractivity (Wildman–Crippen MR) is 100 cm³/mol. The lowest BCUT2D eigenvalue weighted by Crippen LogP contribution is -2.54. The van der Waals surface area contributed by atoms with Crippen LogP contribution >= 0.6 is 0 Å². The van der Waals surface area contributed by atoms with E-state index in [4.69, 9.17) is 0 Å². The molecular formula is C22H18F3NO2. The molecule has 3 rings (SSSR count). The zero-order valence-corrected chi connectivity index (χ0v) is 14.8. The Bertz CT molecular complexity index is 926. The van der Waals surface area contributed by atoms with E-state index in [1.54, 1.807) is 30.3 Å². The van der Waals surface area contributed by atoms with Crippen molar-refractivity contribution < 1.29 is 23.1 Å². The molecule has 28 heavy (non-hydrogen) atoms. The Morgan fingerprint density at radius 1 is 0.786 bits per heavy atom. The third-order valence-electron chi connectivity index (χ3n) is 4.44. The molecule has 0 radical (unpaired) electrons. The molecule has 0 heterocycles. The second kappa shape index (κ2) is 7.86. The lowest BCUT2D eigenvalue weighted by Gasteiger charge is -2.29. The number of hydrogen-bond donors (Lipinski definition) is 2. The predicted octanol–water partition coefficient (Wildman–Crippen LogP) is 4.42. The first kappa shape index (κ1) is 19.6. The van der Waals surface area contributed by atoms with Gasteiger partial charge in [0.2, 0.25) is 0 Å². The molecule has 0 aromatic heterocycles. The average molecular weight is 385 g/mol. The number of amides is 1. The summed E-state index contributed by atoms with van der Waals surface area (Å²) in [4.78, 5) is 12.4. The maximum atomic E-state index is 13.7. The van der Waals surface area contributed by atoms with Crippen LogP contribution in [0.4, 0.5) is 13.2 Å². The first-order chi connectivity index (χ1) is 13.3. The van der Waals surface area contributed by atoms with Crippen LogP contribution in [0.15, 0.2) is 84.9 Å². The Hall–Kier alpha value is -3.12. The van der Waals surface area contributed by atoms with Crippen molar-refractivity contribution in [3.05, 3.63) is 96.1 Å². The number of carbonyl (C=O) groups excluding carboxylic acids is 1. The molecular weight excluding hydrogens is 367 g/mol. The number of nitrogens with one attached hydrogen (secondary N) is 1. The molecule has 3 aromatic carbocycles. The number of halogens is 3. The van der Waals surface area contributed by atoms with Crippen molar-refractivity contribution in [2.75, 3.05) is 0 Å². The number of carbonyl (C=O) groups is 1. The van der Waals surface area contributed by atoms with E-state index in [9.17, 15) is 23.1 Å². The van der Waals surface area contributed by atoms with E-state index in [0.717, 1.165) is 17.7 Å². The molecule has 1 amide bonds. The molecule has 0 aliphatic rings. The van der Waals surface area contributed by atoms with Gasteiger partial charge in [-0.15, -0.1) is 0 Å². The summed E-state index contributed by atoms with van der Waals surface area (Å²) in [5, 5.41) is 12.6. The summed E-state index contributed by atoms with van der Waals surface area (Å²) in [5.74, 6) is -1.52. The molecule has 0 aliphatic carbocycles. The van der Waals surface area contributed by atoms with Gasteiger partial charge >= 0.3 is 6.18 Å². The molecule has 6 heteroatoms. The molecule has 0 saturated carbocycles. The van der Waals surface area contributed by atoms with Crippen molar-refractivity contribution in [2.45, 2.75) is 18.3 Å². The summed E-state index contributed by atoms with van der Waals surface area (Å²) in [6, 6.07) is 22.7. The van der Waals surface area contributed by atoms with Gasteiger partial charge in [-0.3, -0.25) is 4.79 Å². The normalized spacial score (nSPS) is 13.6. The summed E-state index contributed by atoms with van der Waals surface area (Å²) < 4.78 is 41.0. The molecule has 3 aromatic rings. The molecule has 0 aliphatic heterocycles. The Kier molecular flexibility index (Phi) is 5.51. The van der Waals surface area contributed by atoms with Gasteiger partial charge in [0.1, 0.15) is 0 Å². The van der Waals surface area contributed by atoms with E-state index >= 15 is 0 Å². The monoisotopic (exact) mass is 385 g/mol. The van der Waals surface area contributed by atoms with Crippen LogP contribution in [0.25, 0.3) is 11.1 Å². The highest BCUT2D eigenvalue weighted by molar-refractivity contribution is 5.87. The zero-order valence-electron chi connectivity index (χ0n) is 14.8. The van der Waals surface area contributed by atoms with E-state index < -0.39 is 23.2 Å². The van der Waals surface area contributed by atoms with E-state index in [1.807, 2.05) is 30.3 Å². The van der Waals surface area contributed by atoms with E-state index in [0.29, 0.717) is 11.1 Å². The van der Waals surface area contributed by atoms with Gasteiger partial charge in [-0.05, 0) is 16.7 Å². The van der Waals surface area contributed by atoms with Gasteiger partial charge in [-0.1, -0.05) is 84.9 Å². The van der Waals surface area contributed by atoms with Crippen LogP contribution in [-0.4, -0.2) is 17.2 Å². The Balaban J connectivity index is 1.87. The van der Waals surface area contributed by atoms with Crippen molar-refractivity contribution in [3.63, 3.8) is 0 Å². The quantitative estimate of drug-likeness (QED) is 0.683. The molecule has 0 saturated heterocycles. The molecule has 0 bridgehead atoms. The van der Waals surface area contributed by atoms with E-state index in [1.165, 1.54) is 12.1 Å². The van der Waals surface area contributed by atoms with Crippen LogP contribution in [0.2, 0.25) is 0 Å². The second-order valence-corrected chi connectivity index (χ2v) is 6.32. The van der Waals surface area contributed by atoms with Crippen LogP contribution in [0.1, 0.15) is 11.1 Å². The molecule has 0 spiro atoms. The minimum Gasteiger partial charge on any atom is -0.369 e. The summed E-state index contributed by atoms with van der Waals surface area (Å²) >= 11 is 0. The van der Waals surface area contributed by atoms with Gasteiger partial charge in [-0.25, -0.2) is 0 Å². The van der Waals surface area contributed by atoms with E-state index in [-0.39, 0.29) is 6.54 Å². The summed E-state index contributed by atoms with van der Waals surface area (Å²) in [6.07, 6.45) is -5.18. The largest absolute Gasteiger partial charge is 0.430 e. The highest BCUT2D eigenvalue weighted by atomic mass is 19.4. The SMILES string of the molecule is O=C(NCc1ccccc1)C(O)(c1ccc(-c2ccccc2)cc1)C(F)(F)F. The van der Waals surface area contributed by atoms with Gasteiger partial charge in [0.05, 0.1) is 0 Å².